The highest BCUT2D eigenvalue weighted by Crippen LogP contribution is 2.33. The summed E-state index contributed by atoms with van der Waals surface area (Å²) in [5, 5.41) is 0. The van der Waals surface area contributed by atoms with Crippen molar-refractivity contribution in [3.8, 4) is 22.8 Å². The molecule has 0 unspecified atom stereocenters. The molecule has 1 aromatic heterocycles. The van der Waals surface area contributed by atoms with Crippen LogP contribution in [0.15, 0.2) is 24.4 Å². The standard InChI is InChI=1S/C14H17N3O2/c15-5-4-14-16-9-11(17-14)10-2-3-12-13(8-10)19-7-1-6-18-12/h2-3,8-9H,1,4-7,15H2,(H,16,17). The summed E-state index contributed by atoms with van der Waals surface area (Å²) in [5.41, 5.74) is 7.53. The Morgan fingerprint density at radius 2 is 2.05 bits per heavy atom. The van der Waals surface area contributed by atoms with E-state index in [-0.39, 0.29) is 0 Å². The average molecular weight is 259 g/mol. The maximum absolute atomic E-state index is 5.69. The van der Waals surface area contributed by atoms with Crippen LogP contribution >= 0.6 is 0 Å². The number of nitrogens with zero attached hydrogens (tertiary/aromatic N) is 1. The molecule has 2 aromatic rings. The highest BCUT2D eigenvalue weighted by atomic mass is 16.5. The molecule has 3 rings (SSSR count). The topological polar surface area (TPSA) is 73.2 Å². The van der Waals surface area contributed by atoms with Crippen molar-refractivity contribution in [2.24, 2.45) is 5.73 Å². The number of fused-ring (bicyclic) bond motifs is 1. The van der Waals surface area contributed by atoms with Gasteiger partial charge in [0.2, 0.25) is 0 Å². The second-order valence-electron chi connectivity index (χ2n) is 4.49. The maximum Gasteiger partial charge on any atom is 0.161 e. The molecule has 0 atom stereocenters. The highest BCUT2D eigenvalue weighted by Gasteiger charge is 2.12. The number of aromatic nitrogens is 2. The van der Waals surface area contributed by atoms with Gasteiger partial charge in [0.05, 0.1) is 25.1 Å². The SMILES string of the molecule is NCCc1ncc(-c2ccc3c(c2)OCCCO3)[nH]1. The lowest BCUT2D eigenvalue weighted by molar-refractivity contribution is 0.297. The predicted molar refractivity (Wildman–Crippen MR) is 72.4 cm³/mol. The van der Waals surface area contributed by atoms with E-state index in [1.54, 1.807) is 0 Å². The van der Waals surface area contributed by atoms with Crippen LogP contribution in [0.3, 0.4) is 0 Å². The summed E-state index contributed by atoms with van der Waals surface area (Å²) in [4.78, 5) is 7.57. The molecule has 1 aliphatic rings. The quantitative estimate of drug-likeness (QED) is 0.880. The van der Waals surface area contributed by atoms with E-state index < -0.39 is 0 Å². The zero-order valence-electron chi connectivity index (χ0n) is 10.7. The third kappa shape index (κ3) is 2.56. The predicted octanol–water partition coefficient (Wildman–Crippen LogP) is 1.74. The molecule has 0 bridgehead atoms. The first-order valence-corrected chi connectivity index (χ1v) is 6.51. The molecule has 5 heteroatoms. The lowest BCUT2D eigenvalue weighted by Gasteiger charge is -2.08. The molecule has 5 nitrogen and oxygen atoms in total. The number of benzene rings is 1. The van der Waals surface area contributed by atoms with Gasteiger partial charge in [-0.15, -0.1) is 0 Å². The molecule has 0 fully saturated rings. The van der Waals surface area contributed by atoms with E-state index in [1.807, 2.05) is 24.4 Å². The van der Waals surface area contributed by atoms with Crippen molar-refractivity contribution in [2.45, 2.75) is 12.8 Å². The number of hydrogen-bond acceptors (Lipinski definition) is 4. The van der Waals surface area contributed by atoms with Gasteiger partial charge in [0.15, 0.2) is 11.5 Å². The van der Waals surface area contributed by atoms with Crippen LogP contribution in [0.2, 0.25) is 0 Å². The fourth-order valence-electron chi connectivity index (χ4n) is 2.10. The van der Waals surface area contributed by atoms with Crippen molar-refractivity contribution in [2.75, 3.05) is 19.8 Å². The number of ether oxygens (including phenoxy) is 2. The second-order valence-corrected chi connectivity index (χ2v) is 4.49. The average Bonchev–Trinajstić information content (AvgIpc) is 2.76. The lowest BCUT2D eigenvalue weighted by atomic mass is 10.1. The Labute approximate surface area is 111 Å². The van der Waals surface area contributed by atoms with Crippen molar-refractivity contribution < 1.29 is 9.47 Å². The molecular formula is C14H17N3O2. The summed E-state index contributed by atoms with van der Waals surface area (Å²) in [5.74, 6) is 2.51. The van der Waals surface area contributed by atoms with Crippen molar-refractivity contribution in [1.29, 1.82) is 0 Å². The number of nitrogens with two attached hydrogens (primary N) is 1. The Hall–Kier alpha value is -2.01. The minimum Gasteiger partial charge on any atom is -0.490 e. The number of imidazole rings is 1. The molecule has 2 heterocycles. The van der Waals surface area contributed by atoms with E-state index >= 15 is 0 Å². The van der Waals surface area contributed by atoms with Gasteiger partial charge in [-0.25, -0.2) is 4.98 Å². The van der Waals surface area contributed by atoms with Gasteiger partial charge in [-0.2, -0.15) is 0 Å². The van der Waals surface area contributed by atoms with Crippen molar-refractivity contribution in [3.63, 3.8) is 0 Å². The van der Waals surface area contributed by atoms with E-state index in [0.29, 0.717) is 19.8 Å². The van der Waals surface area contributed by atoms with Gasteiger partial charge in [-0.3, -0.25) is 0 Å². The van der Waals surface area contributed by atoms with E-state index in [4.69, 9.17) is 15.2 Å². The molecule has 100 valence electrons. The van der Waals surface area contributed by atoms with Crippen LogP contribution in [0.25, 0.3) is 11.3 Å². The van der Waals surface area contributed by atoms with Crippen LogP contribution < -0.4 is 15.2 Å². The molecule has 0 radical (unpaired) electrons. The fraction of sp³-hybridized carbons (Fsp3) is 0.357. The van der Waals surface area contributed by atoms with Crippen LogP contribution in [0.4, 0.5) is 0 Å². The van der Waals surface area contributed by atoms with Crippen molar-refractivity contribution in [1.82, 2.24) is 9.97 Å². The summed E-state index contributed by atoms with van der Waals surface area (Å²) < 4.78 is 11.3. The number of rotatable bonds is 3. The number of H-pyrrole nitrogens is 1. The zero-order valence-corrected chi connectivity index (χ0v) is 10.7. The van der Waals surface area contributed by atoms with E-state index in [0.717, 1.165) is 41.4 Å². The van der Waals surface area contributed by atoms with Crippen LogP contribution in [0.1, 0.15) is 12.2 Å². The largest absolute Gasteiger partial charge is 0.490 e. The van der Waals surface area contributed by atoms with Gasteiger partial charge in [0.25, 0.3) is 0 Å². The summed E-state index contributed by atoms with van der Waals surface area (Å²) in [7, 11) is 0. The number of aromatic amines is 1. The maximum atomic E-state index is 5.69. The number of nitrogens with one attached hydrogen (secondary N) is 1. The zero-order chi connectivity index (χ0) is 13.1. The molecule has 0 amide bonds. The van der Waals surface area contributed by atoms with Gasteiger partial charge in [0, 0.05) is 18.4 Å². The minimum atomic E-state index is 0.591. The molecule has 0 spiro atoms. The first-order chi connectivity index (χ1) is 9.36. The van der Waals surface area contributed by atoms with Gasteiger partial charge in [-0.1, -0.05) is 0 Å². The summed E-state index contributed by atoms with van der Waals surface area (Å²) in [6.07, 6.45) is 3.49. The number of hydrogen-bond donors (Lipinski definition) is 2. The minimum absolute atomic E-state index is 0.591. The van der Waals surface area contributed by atoms with Gasteiger partial charge in [0.1, 0.15) is 5.82 Å². The fourth-order valence-corrected chi connectivity index (χ4v) is 2.10. The Kier molecular flexibility index (Phi) is 3.37. The first kappa shape index (κ1) is 12.0. The van der Waals surface area contributed by atoms with Gasteiger partial charge >= 0.3 is 0 Å². The lowest BCUT2D eigenvalue weighted by Crippen LogP contribution is -2.03. The molecule has 0 aliphatic carbocycles. The molecule has 0 saturated carbocycles. The molecule has 1 aromatic carbocycles. The molecule has 19 heavy (non-hydrogen) atoms. The Bertz CT molecular complexity index is 566. The Balaban J connectivity index is 1.89. The molecular weight excluding hydrogens is 242 g/mol. The van der Waals surface area contributed by atoms with Crippen LogP contribution in [-0.4, -0.2) is 29.7 Å². The van der Waals surface area contributed by atoms with E-state index in [1.165, 1.54) is 0 Å². The third-order valence-corrected chi connectivity index (χ3v) is 3.07. The smallest absolute Gasteiger partial charge is 0.161 e. The summed E-state index contributed by atoms with van der Waals surface area (Å²) in [6.45, 7) is 1.99. The Morgan fingerprint density at radius 3 is 2.89 bits per heavy atom. The molecule has 0 saturated heterocycles. The first-order valence-electron chi connectivity index (χ1n) is 6.51. The van der Waals surface area contributed by atoms with Crippen molar-refractivity contribution >= 4 is 0 Å². The second kappa shape index (κ2) is 5.32. The van der Waals surface area contributed by atoms with Gasteiger partial charge < -0.3 is 20.2 Å². The summed E-state index contributed by atoms with van der Waals surface area (Å²) >= 11 is 0. The third-order valence-electron chi connectivity index (χ3n) is 3.07. The summed E-state index contributed by atoms with van der Waals surface area (Å²) in [6, 6.07) is 5.94. The van der Waals surface area contributed by atoms with E-state index in [2.05, 4.69) is 9.97 Å². The van der Waals surface area contributed by atoms with Crippen LogP contribution in [0.5, 0.6) is 11.5 Å². The van der Waals surface area contributed by atoms with Gasteiger partial charge in [-0.05, 0) is 24.7 Å². The molecule has 3 N–H and O–H groups in total. The normalized spacial score (nSPS) is 14.2. The Morgan fingerprint density at radius 1 is 1.21 bits per heavy atom. The van der Waals surface area contributed by atoms with Crippen LogP contribution in [0, 0.1) is 0 Å². The van der Waals surface area contributed by atoms with Crippen molar-refractivity contribution in [3.05, 3.63) is 30.2 Å². The monoisotopic (exact) mass is 259 g/mol. The van der Waals surface area contributed by atoms with Crippen LogP contribution in [-0.2, 0) is 6.42 Å². The van der Waals surface area contributed by atoms with E-state index in [9.17, 15) is 0 Å². The molecule has 1 aliphatic heterocycles. The highest BCUT2D eigenvalue weighted by molar-refractivity contribution is 5.63.